The highest BCUT2D eigenvalue weighted by Crippen LogP contribution is 2.36. The highest BCUT2D eigenvalue weighted by molar-refractivity contribution is 7.90. The summed E-state index contributed by atoms with van der Waals surface area (Å²) >= 11 is 5.27. The number of carbonyl (C=O) groups excluding carboxylic acids is 3. The number of hydrogen-bond donors (Lipinski definition) is 1. The molecule has 0 fully saturated rings. The molecule has 41 heavy (non-hydrogen) atoms. The van der Waals surface area contributed by atoms with Gasteiger partial charge in [-0.25, -0.2) is 13.4 Å². The Labute approximate surface area is 242 Å². The number of ether oxygens (including phenoxy) is 3. The molecule has 2 aromatic carbocycles. The van der Waals surface area contributed by atoms with Crippen LogP contribution >= 0.6 is 11.6 Å². The van der Waals surface area contributed by atoms with Gasteiger partial charge in [0.25, 0.3) is 17.7 Å². The second-order valence-electron chi connectivity index (χ2n) is 9.36. The molecule has 1 atom stereocenters. The Hall–Kier alpha value is -4.00. The van der Waals surface area contributed by atoms with E-state index in [1.165, 1.54) is 25.3 Å². The number of nitrogens with zero attached hydrogens (tertiary/aromatic N) is 2. The molecular weight excluding hydrogens is 574 g/mol. The molecule has 1 unspecified atom stereocenters. The van der Waals surface area contributed by atoms with Crippen LogP contribution in [0.4, 0.5) is 5.69 Å². The second kappa shape index (κ2) is 12.7. The molecule has 0 bridgehead atoms. The van der Waals surface area contributed by atoms with Crippen LogP contribution in [0.15, 0.2) is 54.6 Å². The number of sulfone groups is 1. The molecule has 1 aromatic heterocycles. The summed E-state index contributed by atoms with van der Waals surface area (Å²) in [5.74, 6) is -1.53. The van der Waals surface area contributed by atoms with Crippen LogP contribution in [0.2, 0.25) is 0 Å². The largest absolute Gasteiger partial charge is 0.491 e. The van der Waals surface area contributed by atoms with E-state index in [1.54, 1.807) is 12.1 Å². The zero-order chi connectivity index (χ0) is 29.7. The number of halogens is 1. The standard InChI is InChI=1S/C28H28ClN3O8S/c1-38-23-11-10-21(31-26(23)40-13-12-17-6-8-18(9-7-17)14-39-15-24(29)33)22(16-41(2,36)37)32-27(34)19-4-3-5-20(30)25(19)28(32)35/h3-11,22H,12-16,30H2,1-2H3. The Morgan fingerprint density at radius 1 is 1.05 bits per heavy atom. The van der Waals surface area contributed by atoms with Crippen molar-refractivity contribution in [1.82, 2.24) is 9.88 Å². The molecule has 2 N–H and O–H groups in total. The summed E-state index contributed by atoms with van der Waals surface area (Å²) in [4.78, 5) is 42.7. The number of hydrogen-bond acceptors (Lipinski definition) is 10. The summed E-state index contributed by atoms with van der Waals surface area (Å²) < 4.78 is 41.2. The fourth-order valence-corrected chi connectivity index (χ4v) is 5.37. The highest BCUT2D eigenvalue weighted by Gasteiger charge is 2.43. The van der Waals surface area contributed by atoms with Crippen LogP contribution in [-0.2, 0) is 32.4 Å². The second-order valence-corrected chi connectivity index (χ2v) is 12.0. The molecule has 2 amide bonds. The van der Waals surface area contributed by atoms with Crippen LogP contribution < -0.4 is 15.2 Å². The predicted molar refractivity (Wildman–Crippen MR) is 151 cm³/mol. The van der Waals surface area contributed by atoms with E-state index in [9.17, 15) is 22.8 Å². The maximum atomic E-state index is 13.3. The van der Waals surface area contributed by atoms with E-state index in [0.717, 1.165) is 22.3 Å². The van der Waals surface area contributed by atoms with Crippen molar-refractivity contribution in [2.75, 3.05) is 38.1 Å². The smallest absolute Gasteiger partial charge is 0.264 e. The third-order valence-electron chi connectivity index (χ3n) is 6.30. The zero-order valence-corrected chi connectivity index (χ0v) is 23.9. The molecule has 1 aliphatic rings. The van der Waals surface area contributed by atoms with E-state index in [-0.39, 0.29) is 48.2 Å². The molecule has 216 valence electrons. The third kappa shape index (κ3) is 7.20. The van der Waals surface area contributed by atoms with Gasteiger partial charge in [-0.15, -0.1) is 0 Å². The van der Waals surface area contributed by atoms with E-state index in [0.29, 0.717) is 12.2 Å². The summed E-state index contributed by atoms with van der Waals surface area (Å²) in [5.41, 5.74) is 8.19. The van der Waals surface area contributed by atoms with Crippen LogP contribution in [0.5, 0.6) is 11.6 Å². The first-order valence-electron chi connectivity index (χ1n) is 12.4. The van der Waals surface area contributed by atoms with Gasteiger partial charge in [0.15, 0.2) is 5.75 Å². The van der Waals surface area contributed by atoms with Crippen molar-refractivity contribution < 1.29 is 37.0 Å². The first-order valence-corrected chi connectivity index (χ1v) is 14.9. The third-order valence-corrected chi connectivity index (χ3v) is 7.33. The van der Waals surface area contributed by atoms with E-state index >= 15 is 0 Å². The Kier molecular flexibility index (Phi) is 9.26. The summed E-state index contributed by atoms with van der Waals surface area (Å²) in [7, 11) is -2.24. The highest BCUT2D eigenvalue weighted by atomic mass is 35.5. The van der Waals surface area contributed by atoms with Crippen molar-refractivity contribution in [1.29, 1.82) is 0 Å². The maximum absolute atomic E-state index is 13.3. The van der Waals surface area contributed by atoms with E-state index in [1.807, 2.05) is 24.3 Å². The summed E-state index contributed by atoms with van der Waals surface area (Å²) in [5, 5.41) is -0.567. The van der Waals surface area contributed by atoms with E-state index in [2.05, 4.69) is 4.98 Å². The molecule has 3 aromatic rings. The molecular formula is C28H28ClN3O8S. The molecule has 0 saturated heterocycles. The Balaban J connectivity index is 1.53. The van der Waals surface area contributed by atoms with Crippen molar-refractivity contribution in [3.05, 3.63) is 82.5 Å². The van der Waals surface area contributed by atoms with E-state index in [4.69, 9.17) is 31.5 Å². The minimum atomic E-state index is -3.67. The monoisotopic (exact) mass is 601 g/mol. The summed E-state index contributed by atoms with van der Waals surface area (Å²) in [6.45, 7) is 0.276. The lowest BCUT2D eigenvalue weighted by Crippen LogP contribution is -2.38. The first-order chi connectivity index (χ1) is 19.5. The number of aromatic nitrogens is 1. The number of amides is 2. The van der Waals surface area contributed by atoms with Crippen molar-refractivity contribution >= 4 is 44.2 Å². The van der Waals surface area contributed by atoms with Crippen LogP contribution in [0, 0.1) is 0 Å². The Bertz CT molecular complexity index is 1580. The Morgan fingerprint density at radius 2 is 1.76 bits per heavy atom. The number of fused-ring (bicyclic) bond motifs is 1. The normalized spacial score (nSPS) is 13.7. The van der Waals surface area contributed by atoms with Gasteiger partial charge < -0.3 is 19.9 Å². The van der Waals surface area contributed by atoms with Crippen LogP contribution in [0.1, 0.15) is 43.6 Å². The summed E-state index contributed by atoms with van der Waals surface area (Å²) in [6, 6.07) is 13.8. The maximum Gasteiger partial charge on any atom is 0.264 e. The minimum absolute atomic E-state index is 0.0334. The fraction of sp³-hybridized carbons (Fsp3) is 0.286. The Morgan fingerprint density at radius 3 is 2.39 bits per heavy atom. The summed E-state index contributed by atoms with van der Waals surface area (Å²) in [6.07, 6.45) is 1.52. The van der Waals surface area contributed by atoms with Gasteiger partial charge in [-0.05, 0) is 47.0 Å². The number of imide groups is 1. The van der Waals surface area contributed by atoms with Gasteiger partial charge in [0.05, 0.1) is 48.9 Å². The minimum Gasteiger partial charge on any atom is -0.491 e. The van der Waals surface area contributed by atoms with Gasteiger partial charge in [0, 0.05) is 18.4 Å². The molecule has 0 spiro atoms. The van der Waals surface area contributed by atoms with Crippen molar-refractivity contribution in [2.45, 2.75) is 19.1 Å². The number of pyridine rings is 1. The number of methoxy groups -OCH3 is 1. The van der Waals surface area contributed by atoms with Crippen molar-refractivity contribution in [3.63, 3.8) is 0 Å². The van der Waals surface area contributed by atoms with Gasteiger partial charge in [0.2, 0.25) is 5.24 Å². The quantitative estimate of drug-likeness (QED) is 0.176. The van der Waals surface area contributed by atoms with Crippen LogP contribution in [0.3, 0.4) is 0 Å². The molecule has 13 heteroatoms. The van der Waals surface area contributed by atoms with Crippen LogP contribution in [-0.4, -0.2) is 67.7 Å². The van der Waals surface area contributed by atoms with Gasteiger partial charge in [-0.2, -0.15) is 0 Å². The number of nitrogen functional groups attached to an aromatic ring is 1. The van der Waals surface area contributed by atoms with Crippen molar-refractivity contribution in [2.24, 2.45) is 0 Å². The van der Waals surface area contributed by atoms with Gasteiger partial charge in [-0.3, -0.25) is 19.3 Å². The molecule has 2 heterocycles. The lowest BCUT2D eigenvalue weighted by Gasteiger charge is -2.26. The lowest BCUT2D eigenvalue weighted by atomic mass is 10.1. The first kappa shape index (κ1) is 30.0. The average Bonchev–Trinajstić information content (AvgIpc) is 3.18. The number of rotatable bonds is 13. The predicted octanol–water partition coefficient (Wildman–Crippen LogP) is 2.96. The number of nitrogens with two attached hydrogens (primary N) is 1. The SMILES string of the molecule is COc1ccc(C(CS(C)(=O)=O)N2C(=O)c3cccc(N)c3C2=O)nc1OCCc1ccc(COCC(=O)Cl)cc1. The molecule has 1 aliphatic heterocycles. The van der Waals surface area contributed by atoms with Gasteiger partial charge >= 0.3 is 0 Å². The zero-order valence-electron chi connectivity index (χ0n) is 22.3. The fourth-order valence-electron chi connectivity index (χ4n) is 4.39. The van der Waals surface area contributed by atoms with Gasteiger partial charge in [-0.1, -0.05) is 30.3 Å². The average molecular weight is 602 g/mol. The number of benzene rings is 2. The van der Waals surface area contributed by atoms with Gasteiger partial charge in [0.1, 0.15) is 16.4 Å². The molecule has 0 aliphatic carbocycles. The van der Waals surface area contributed by atoms with Crippen molar-refractivity contribution in [3.8, 4) is 11.6 Å². The topological polar surface area (TPSA) is 155 Å². The number of carbonyl (C=O) groups is 3. The molecule has 11 nitrogen and oxygen atoms in total. The molecule has 0 radical (unpaired) electrons. The lowest BCUT2D eigenvalue weighted by molar-refractivity contribution is -0.116. The van der Waals surface area contributed by atoms with Crippen LogP contribution in [0.25, 0.3) is 0 Å². The number of anilines is 1. The molecule has 4 rings (SSSR count). The van der Waals surface area contributed by atoms with E-state index < -0.39 is 38.7 Å². The molecule has 0 saturated carbocycles.